The smallest absolute Gasteiger partial charge is 0.341 e. The summed E-state index contributed by atoms with van der Waals surface area (Å²) in [4.78, 5) is 14.8. The molecule has 0 radical (unpaired) electrons. The molecule has 1 N–H and O–H groups in total. The number of ether oxygens (including phenoxy) is 2. The summed E-state index contributed by atoms with van der Waals surface area (Å²) in [5.41, 5.74) is 0.977. The predicted octanol–water partition coefficient (Wildman–Crippen LogP) is 2.72. The van der Waals surface area contributed by atoms with Gasteiger partial charge >= 0.3 is 5.97 Å². The summed E-state index contributed by atoms with van der Waals surface area (Å²) < 4.78 is 10.6. The molecule has 1 aromatic carbocycles. The van der Waals surface area contributed by atoms with Crippen LogP contribution in [0.15, 0.2) is 42.7 Å². The number of methoxy groups -OCH3 is 1. The zero-order chi connectivity index (χ0) is 13.7. The lowest BCUT2D eigenvalue weighted by atomic mass is 10.2. The van der Waals surface area contributed by atoms with Crippen LogP contribution in [-0.2, 0) is 11.3 Å². The molecule has 5 heteroatoms. The number of carboxylic acids is 1. The van der Waals surface area contributed by atoms with E-state index in [1.165, 1.54) is 18.5 Å². The normalized spacial score (nSPS) is 10.2. The van der Waals surface area contributed by atoms with Gasteiger partial charge in [0.25, 0.3) is 0 Å². The number of pyridine rings is 1. The van der Waals surface area contributed by atoms with E-state index < -0.39 is 5.97 Å². The molecule has 0 amide bonds. The molecule has 0 saturated heterocycles. The van der Waals surface area contributed by atoms with Crippen LogP contribution in [-0.4, -0.2) is 23.2 Å². The topological polar surface area (TPSA) is 68.7 Å². The van der Waals surface area contributed by atoms with Crippen molar-refractivity contribution in [1.29, 1.82) is 0 Å². The van der Waals surface area contributed by atoms with Crippen LogP contribution in [0.5, 0.6) is 11.5 Å². The van der Waals surface area contributed by atoms with Gasteiger partial charge in [0.15, 0.2) is 0 Å². The Morgan fingerprint density at radius 3 is 2.95 bits per heavy atom. The van der Waals surface area contributed by atoms with Gasteiger partial charge in [-0.15, -0.1) is 0 Å². The fourth-order valence-corrected chi connectivity index (χ4v) is 1.62. The fourth-order valence-electron chi connectivity index (χ4n) is 1.62. The summed E-state index contributed by atoms with van der Waals surface area (Å²) >= 11 is 0. The van der Waals surface area contributed by atoms with E-state index in [1.807, 2.05) is 12.1 Å². The summed E-state index contributed by atoms with van der Waals surface area (Å²) in [7, 11) is 1.61. The molecular formula is C14H13NO4. The van der Waals surface area contributed by atoms with Crippen LogP contribution >= 0.6 is 0 Å². The molecule has 0 spiro atoms. The highest BCUT2D eigenvalue weighted by atomic mass is 16.5. The molecule has 98 valence electrons. The van der Waals surface area contributed by atoms with Gasteiger partial charge in [-0.1, -0.05) is 12.1 Å². The first kappa shape index (κ1) is 13.0. The Kier molecular flexibility index (Phi) is 4.10. The molecule has 19 heavy (non-hydrogen) atoms. The third kappa shape index (κ3) is 3.29. The molecule has 0 aliphatic carbocycles. The van der Waals surface area contributed by atoms with E-state index in [-0.39, 0.29) is 11.3 Å². The number of hydrogen-bond donors (Lipinski definition) is 1. The Morgan fingerprint density at radius 1 is 1.37 bits per heavy atom. The first-order valence-corrected chi connectivity index (χ1v) is 5.63. The molecule has 2 aromatic rings. The van der Waals surface area contributed by atoms with E-state index in [0.717, 1.165) is 5.56 Å². The Balaban J connectivity index is 2.26. The zero-order valence-electron chi connectivity index (χ0n) is 10.4. The summed E-state index contributed by atoms with van der Waals surface area (Å²) in [6.45, 7) is 0.472. The van der Waals surface area contributed by atoms with Gasteiger partial charge in [-0.2, -0.15) is 0 Å². The van der Waals surface area contributed by atoms with Crippen molar-refractivity contribution in [1.82, 2.24) is 4.98 Å². The highest BCUT2D eigenvalue weighted by Gasteiger charge is 2.11. The van der Waals surface area contributed by atoms with Crippen LogP contribution in [0, 0.1) is 0 Å². The number of nitrogens with zero attached hydrogens (tertiary/aromatic N) is 1. The lowest BCUT2D eigenvalue weighted by Gasteiger charge is -2.09. The standard InChI is InChI=1S/C14H13NO4/c1-18-9-10-3-2-4-11(7-10)19-13-5-6-15-8-12(13)14(16)17/h2-8H,9H2,1H3,(H,16,17). The minimum atomic E-state index is -1.07. The number of benzene rings is 1. The number of rotatable bonds is 5. The largest absolute Gasteiger partial charge is 0.477 e. The Labute approximate surface area is 110 Å². The van der Waals surface area contributed by atoms with Crippen molar-refractivity contribution in [2.45, 2.75) is 6.61 Å². The molecule has 2 rings (SSSR count). The van der Waals surface area contributed by atoms with Crippen LogP contribution in [0.25, 0.3) is 0 Å². The van der Waals surface area contributed by atoms with Gasteiger partial charge in [-0.3, -0.25) is 4.98 Å². The van der Waals surface area contributed by atoms with Gasteiger partial charge in [0.05, 0.1) is 6.61 Å². The van der Waals surface area contributed by atoms with E-state index in [2.05, 4.69) is 4.98 Å². The maximum atomic E-state index is 11.0. The third-order valence-electron chi connectivity index (χ3n) is 2.45. The molecule has 5 nitrogen and oxygen atoms in total. The van der Waals surface area contributed by atoms with Crippen LogP contribution in [0.1, 0.15) is 15.9 Å². The molecule has 1 aromatic heterocycles. The molecule has 0 bridgehead atoms. The molecule has 0 atom stereocenters. The summed E-state index contributed by atoms with van der Waals surface area (Å²) in [5, 5.41) is 9.04. The van der Waals surface area contributed by atoms with Crippen molar-refractivity contribution in [3.05, 3.63) is 53.9 Å². The summed E-state index contributed by atoms with van der Waals surface area (Å²) in [6.07, 6.45) is 2.75. The Hall–Kier alpha value is -2.40. The maximum Gasteiger partial charge on any atom is 0.341 e. The van der Waals surface area contributed by atoms with Gasteiger partial charge in [-0.05, 0) is 17.7 Å². The number of aromatic carboxylic acids is 1. The second-order valence-electron chi connectivity index (χ2n) is 3.86. The number of hydrogen-bond acceptors (Lipinski definition) is 4. The molecule has 0 aliphatic heterocycles. The van der Waals surface area contributed by atoms with Crippen molar-refractivity contribution < 1.29 is 19.4 Å². The minimum Gasteiger partial charge on any atom is -0.477 e. The summed E-state index contributed by atoms with van der Waals surface area (Å²) in [5.74, 6) is -0.253. The van der Waals surface area contributed by atoms with Gasteiger partial charge in [0.2, 0.25) is 0 Å². The molecular weight excluding hydrogens is 246 g/mol. The minimum absolute atomic E-state index is 0.0274. The SMILES string of the molecule is COCc1cccc(Oc2ccncc2C(=O)O)c1. The van der Waals surface area contributed by atoms with Crippen molar-refractivity contribution >= 4 is 5.97 Å². The lowest BCUT2D eigenvalue weighted by Crippen LogP contribution is -2.00. The molecule has 1 heterocycles. The maximum absolute atomic E-state index is 11.0. The van der Waals surface area contributed by atoms with E-state index in [0.29, 0.717) is 12.4 Å². The molecule has 0 fully saturated rings. The first-order valence-electron chi connectivity index (χ1n) is 5.63. The molecule has 0 saturated carbocycles. The second-order valence-corrected chi connectivity index (χ2v) is 3.86. The zero-order valence-corrected chi connectivity index (χ0v) is 10.4. The average Bonchev–Trinajstić information content (AvgIpc) is 2.40. The van der Waals surface area contributed by atoms with Gasteiger partial charge in [-0.25, -0.2) is 4.79 Å². The van der Waals surface area contributed by atoms with Crippen LogP contribution < -0.4 is 4.74 Å². The van der Waals surface area contributed by atoms with E-state index in [4.69, 9.17) is 14.6 Å². The van der Waals surface area contributed by atoms with Crippen LogP contribution in [0.3, 0.4) is 0 Å². The second kappa shape index (κ2) is 5.97. The van der Waals surface area contributed by atoms with E-state index >= 15 is 0 Å². The Bertz CT molecular complexity index is 583. The molecule has 0 unspecified atom stereocenters. The number of carbonyl (C=O) groups is 1. The quantitative estimate of drug-likeness (QED) is 0.894. The van der Waals surface area contributed by atoms with Crippen LogP contribution in [0.4, 0.5) is 0 Å². The highest BCUT2D eigenvalue weighted by Crippen LogP contribution is 2.25. The number of aromatic nitrogens is 1. The fraction of sp³-hybridized carbons (Fsp3) is 0.143. The highest BCUT2D eigenvalue weighted by molar-refractivity contribution is 5.90. The van der Waals surface area contributed by atoms with Gasteiger partial charge in [0.1, 0.15) is 17.1 Å². The first-order chi connectivity index (χ1) is 9.20. The number of carboxylic acid groups (broad SMARTS) is 1. The monoisotopic (exact) mass is 259 g/mol. The van der Waals surface area contributed by atoms with Gasteiger partial charge < -0.3 is 14.6 Å². The van der Waals surface area contributed by atoms with Crippen molar-refractivity contribution in [2.24, 2.45) is 0 Å². The average molecular weight is 259 g/mol. The van der Waals surface area contributed by atoms with Gasteiger partial charge in [0, 0.05) is 25.6 Å². The summed E-state index contributed by atoms with van der Waals surface area (Å²) in [6, 6.07) is 8.81. The lowest BCUT2D eigenvalue weighted by molar-refractivity contribution is 0.0693. The van der Waals surface area contributed by atoms with Crippen molar-refractivity contribution in [3.63, 3.8) is 0 Å². The van der Waals surface area contributed by atoms with E-state index in [9.17, 15) is 4.79 Å². The molecule has 0 aliphatic rings. The van der Waals surface area contributed by atoms with E-state index in [1.54, 1.807) is 19.2 Å². The third-order valence-corrected chi connectivity index (χ3v) is 2.45. The van der Waals surface area contributed by atoms with Crippen molar-refractivity contribution in [2.75, 3.05) is 7.11 Å². The van der Waals surface area contributed by atoms with Crippen LogP contribution in [0.2, 0.25) is 0 Å². The Morgan fingerprint density at radius 2 is 2.21 bits per heavy atom. The predicted molar refractivity (Wildman–Crippen MR) is 68.4 cm³/mol. The van der Waals surface area contributed by atoms with Crippen molar-refractivity contribution in [3.8, 4) is 11.5 Å².